The molecule has 0 aliphatic carbocycles. The van der Waals surface area contributed by atoms with Gasteiger partial charge in [-0.1, -0.05) is 29.4 Å². The van der Waals surface area contributed by atoms with E-state index in [1.807, 2.05) is 47.4 Å². The molecule has 0 spiro atoms. The number of likely N-dealkylation sites (tertiary alicyclic amines) is 1. The van der Waals surface area contributed by atoms with E-state index >= 15 is 0 Å². The van der Waals surface area contributed by atoms with E-state index in [0.717, 1.165) is 24.1 Å². The Kier molecular flexibility index (Phi) is 8.62. The van der Waals surface area contributed by atoms with E-state index in [0.29, 0.717) is 43.3 Å². The fourth-order valence-corrected chi connectivity index (χ4v) is 3.54. The minimum absolute atomic E-state index is 0. The standard InChI is InChI=1S/C21H23N5O2.2ClH/c22-17-6-2-1-5-15(17)8-9-19(27)26-13-10-16(11-14-26)21-24-20(25-28-21)18-7-3-4-12-23-18;;/h1-7,12,16H,8-11,13-14,22H2;2*1H. The number of hydrogen-bond acceptors (Lipinski definition) is 6. The number of aromatic nitrogens is 3. The number of carbonyl (C=O) groups is 1. The van der Waals surface area contributed by atoms with Crippen LogP contribution in [0.15, 0.2) is 53.2 Å². The van der Waals surface area contributed by atoms with Crippen LogP contribution in [0.1, 0.15) is 36.6 Å². The molecule has 0 saturated carbocycles. The van der Waals surface area contributed by atoms with Gasteiger partial charge in [0.2, 0.25) is 17.6 Å². The van der Waals surface area contributed by atoms with E-state index in [1.54, 1.807) is 6.20 Å². The minimum Gasteiger partial charge on any atom is -0.399 e. The van der Waals surface area contributed by atoms with Crippen molar-refractivity contribution in [1.29, 1.82) is 0 Å². The van der Waals surface area contributed by atoms with Crippen LogP contribution < -0.4 is 5.73 Å². The number of para-hydroxylation sites is 1. The van der Waals surface area contributed by atoms with Crippen molar-refractivity contribution < 1.29 is 9.32 Å². The van der Waals surface area contributed by atoms with Crippen LogP contribution in [0.2, 0.25) is 0 Å². The Morgan fingerprint density at radius 1 is 1.10 bits per heavy atom. The highest BCUT2D eigenvalue weighted by Gasteiger charge is 2.27. The van der Waals surface area contributed by atoms with Crippen LogP contribution in [0.25, 0.3) is 11.5 Å². The Morgan fingerprint density at radius 2 is 1.83 bits per heavy atom. The molecule has 1 aliphatic rings. The van der Waals surface area contributed by atoms with E-state index in [4.69, 9.17) is 10.3 Å². The van der Waals surface area contributed by atoms with Crippen LogP contribution in [0.5, 0.6) is 0 Å². The maximum absolute atomic E-state index is 12.5. The van der Waals surface area contributed by atoms with Crippen molar-refractivity contribution >= 4 is 36.4 Å². The molecule has 1 amide bonds. The Balaban J connectivity index is 0.00000160. The molecule has 0 bridgehead atoms. The zero-order valence-electron chi connectivity index (χ0n) is 16.4. The van der Waals surface area contributed by atoms with Crippen LogP contribution in [0.4, 0.5) is 5.69 Å². The van der Waals surface area contributed by atoms with Crippen LogP contribution in [0, 0.1) is 0 Å². The van der Waals surface area contributed by atoms with E-state index in [2.05, 4.69) is 15.1 Å². The van der Waals surface area contributed by atoms with Gasteiger partial charge in [0.1, 0.15) is 5.69 Å². The van der Waals surface area contributed by atoms with Gasteiger partial charge in [-0.2, -0.15) is 4.98 Å². The summed E-state index contributed by atoms with van der Waals surface area (Å²) in [4.78, 5) is 23.2. The van der Waals surface area contributed by atoms with Crippen molar-refractivity contribution in [2.75, 3.05) is 18.8 Å². The summed E-state index contributed by atoms with van der Waals surface area (Å²) in [5.41, 5.74) is 8.43. The monoisotopic (exact) mass is 449 g/mol. The minimum atomic E-state index is 0. The molecule has 3 aromatic rings. The highest BCUT2D eigenvalue weighted by Crippen LogP contribution is 2.28. The van der Waals surface area contributed by atoms with E-state index in [-0.39, 0.29) is 36.6 Å². The third kappa shape index (κ3) is 5.49. The zero-order valence-corrected chi connectivity index (χ0v) is 18.1. The first-order chi connectivity index (χ1) is 13.7. The lowest BCUT2D eigenvalue weighted by atomic mass is 9.96. The first-order valence-corrected chi connectivity index (χ1v) is 9.57. The molecule has 7 nitrogen and oxygen atoms in total. The predicted molar refractivity (Wildman–Crippen MR) is 120 cm³/mol. The second-order valence-corrected chi connectivity index (χ2v) is 7.03. The van der Waals surface area contributed by atoms with Gasteiger partial charge >= 0.3 is 0 Å². The quantitative estimate of drug-likeness (QED) is 0.593. The Hall–Kier alpha value is -2.64. The molecule has 1 aromatic carbocycles. The molecule has 4 rings (SSSR count). The number of nitrogens with zero attached hydrogens (tertiary/aromatic N) is 4. The van der Waals surface area contributed by atoms with Gasteiger partial charge in [0.05, 0.1) is 0 Å². The van der Waals surface area contributed by atoms with Crippen molar-refractivity contribution in [3.8, 4) is 11.5 Å². The van der Waals surface area contributed by atoms with Gasteiger partial charge in [-0.05, 0) is 43.0 Å². The summed E-state index contributed by atoms with van der Waals surface area (Å²) in [7, 11) is 0. The molecular weight excluding hydrogens is 425 g/mol. The first-order valence-electron chi connectivity index (χ1n) is 9.57. The molecule has 9 heteroatoms. The molecular formula is C21H25Cl2N5O2. The fourth-order valence-electron chi connectivity index (χ4n) is 3.54. The van der Waals surface area contributed by atoms with E-state index in [9.17, 15) is 4.79 Å². The SMILES string of the molecule is Cl.Cl.Nc1ccccc1CCC(=O)N1CCC(c2nc(-c3ccccn3)no2)CC1. The summed E-state index contributed by atoms with van der Waals surface area (Å²) in [6, 6.07) is 13.3. The van der Waals surface area contributed by atoms with Gasteiger partial charge in [-0.15, -0.1) is 24.8 Å². The number of pyridine rings is 1. The molecule has 0 unspecified atom stereocenters. The molecule has 160 valence electrons. The third-order valence-electron chi connectivity index (χ3n) is 5.20. The van der Waals surface area contributed by atoms with Gasteiger partial charge < -0.3 is 15.2 Å². The van der Waals surface area contributed by atoms with Gasteiger partial charge in [0.25, 0.3) is 0 Å². The lowest BCUT2D eigenvalue weighted by Gasteiger charge is -2.30. The average Bonchev–Trinajstić information content (AvgIpc) is 3.24. The second kappa shape index (κ2) is 10.9. The molecule has 2 N–H and O–H groups in total. The molecule has 3 heterocycles. The predicted octanol–water partition coefficient (Wildman–Crippen LogP) is 3.90. The molecule has 2 aromatic heterocycles. The third-order valence-corrected chi connectivity index (χ3v) is 5.20. The van der Waals surface area contributed by atoms with Gasteiger partial charge in [-0.3, -0.25) is 9.78 Å². The maximum Gasteiger partial charge on any atom is 0.230 e. The van der Waals surface area contributed by atoms with Crippen molar-refractivity contribution in [2.45, 2.75) is 31.6 Å². The number of nitrogens with two attached hydrogens (primary N) is 1. The number of benzene rings is 1. The maximum atomic E-state index is 12.5. The summed E-state index contributed by atoms with van der Waals surface area (Å²) in [5.74, 6) is 1.49. The first kappa shape index (κ1) is 23.6. The Morgan fingerprint density at radius 3 is 2.53 bits per heavy atom. The molecule has 1 aliphatic heterocycles. The number of carbonyl (C=O) groups excluding carboxylic acids is 1. The van der Waals surface area contributed by atoms with Crippen molar-refractivity contribution in [2.24, 2.45) is 0 Å². The van der Waals surface area contributed by atoms with Gasteiger partial charge in [0, 0.05) is 37.3 Å². The number of hydrogen-bond donors (Lipinski definition) is 1. The summed E-state index contributed by atoms with van der Waals surface area (Å²) >= 11 is 0. The smallest absolute Gasteiger partial charge is 0.230 e. The summed E-state index contributed by atoms with van der Waals surface area (Å²) in [6.07, 6.45) is 4.50. The highest BCUT2D eigenvalue weighted by atomic mass is 35.5. The molecule has 0 atom stereocenters. The number of amides is 1. The van der Waals surface area contributed by atoms with Crippen molar-refractivity contribution in [1.82, 2.24) is 20.0 Å². The average molecular weight is 450 g/mol. The fraction of sp³-hybridized carbons (Fsp3) is 0.333. The van der Waals surface area contributed by atoms with Crippen LogP contribution in [-0.4, -0.2) is 39.0 Å². The van der Waals surface area contributed by atoms with Gasteiger partial charge in [0.15, 0.2) is 0 Å². The van der Waals surface area contributed by atoms with E-state index < -0.39 is 0 Å². The lowest BCUT2D eigenvalue weighted by molar-refractivity contribution is -0.132. The number of nitrogen functional groups attached to an aromatic ring is 1. The molecule has 30 heavy (non-hydrogen) atoms. The Labute approximate surface area is 187 Å². The van der Waals surface area contributed by atoms with E-state index in [1.165, 1.54) is 0 Å². The Bertz CT molecular complexity index is 943. The second-order valence-electron chi connectivity index (χ2n) is 7.03. The van der Waals surface area contributed by atoms with Crippen molar-refractivity contribution in [3.63, 3.8) is 0 Å². The summed E-state index contributed by atoms with van der Waals surface area (Å²) < 4.78 is 5.45. The largest absolute Gasteiger partial charge is 0.399 e. The highest BCUT2D eigenvalue weighted by molar-refractivity contribution is 5.85. The number of rotatable bonds is 5. The number of aryl methyl sites for hydroxylation is 1. The molecule has 1 fully saturated rings. The van der Waals surface area contributed by atoms with Crippen LogP contribution in [0.3, 0.4) is 0 Å². The van der Waals surface area contributed by atoms with Crippen LogP contribution in [-0.2, 0) is 11.2 Å². The summed E-state index contributed by atoms with van der Waals surface area (Å²) in [6.45, 7) is 1.41. The summed E-state index contributed by atoms with van der Waals surface area (Å²) in [5, 5.41) is 4.05. The van der Waals surface area contributed by atoms with Gasteiger partial charge in [-0.25, -0.2) is 0 Å². The lowest BCUT2D eigenvalue weighted by Crippen LogP contribution is -2.38. The zero-order chi connectivity index (χ0) is 19.3. The number of anilines is 1. The topological polar surface area (TPSA) is 98.1 Å². The van der Waals surface area contributed by atoms with Crippen molar-refractivity contribution in [3.05, 3.63) is 60.1 Å². The number of halogens is 2. The molecule has 0 radical (unpaired) electrons. The normalized spacial score (nSPS) is 13.9. The number of piperidine rings is 1. The van der Waals surface area contributed by atoms with Crippen LogP contribution >= 0.6 is 24.8 Å². The molecule has 1 saturated heterocycles.